The van der Waals surface area contributed by atoms with Crippen LogP contribution in [0.2, 0.25) is 0 Å². The topological polar surface area (TPSA) is 120 Å². The van der Waals surface area contributed by atoms with Gasteiger partial charge < -0.3 is 4.74 Å². The van der Waals surface area contributed by atoms with E-state index in [4.69, 9.17) is 0 Å². The average molecular weight is 536 g/mol. The lowest BCUT2D eigenvalue weighted by Gasteiger charge is -2.26. The van der Waals surface area contributed by atoms with Gasteiger partial charge >= 0.3 is 6.36 Å². The molecule has 39 heavy (non-hydrogen) atoms. The van der Waals surface area contributed by atoms with Gasteiger partial charge in [-0.25, -0.2) is 4.68 Å². The van der Waals surface area contributed by atoms with Crippen molar-refractivity contribution in [3.8, 4) is 5.75 Å². The molecule has 1 saturated heterocycles. The van der Waals surface area contributed by atoms with Crippen molar-refractivity contribution in [3.05, 3.63) is 95.4 Å². The lowest BCUT2D eigenvalue weighted by atomic mass is 9.86. The lowest BCUT2D eigenvalue weighted by Crippen LogP contribution is -2.31. The quantitative estimate of drug-likeness (QED) is 0.200. The second-order valence-electron chi connectivity index (χ2n) is 8.77. The number of hydrogen-bond acceptors (Lipinski definition) is 8. The first-order valence-electron chi connectivity index (χ1n) is 11.6. The van der Waals surface area contributed by atoms with Crippen LogP contribution in [0.1, 0.15) is 33.2 Å². The molecule has 0 aliphatic carbocycles. The molecule has 1 aliphatic heterocycles. The van der Waals surface area contributed by atoms with E-state index >= 15 is 0 Å². The van der Waals surface area contributed by atoms with Gasteiger partial charge in [0, 0.05) is 11.8 Å². The third-order valence-corrected chi connectivity index (χ3v) is 6.13. The van der Waals surface area contributed by atoms with Gasteiger partial charge in [0.25, 0.3) is 5.91 Å². The van der Waals surface area contributed by atoms with Gasteiger partial charge in [0.05, 0.1) is 24.5 Å². The van der Waals surface area contributed by atoms with Gasteiger partial charge in [0.15, 0.2) is 11.6 Å². The number of aromatic nitrogens is 5. The van der Waals surface area contributed by atoms with Crippen molar-refractivity contribution in [1.82, 2.24) is 25.2 Å². The fourth-order valence-electron chi connectivity index (χ4n) is 4.37. The molecule has 10 nitrogen and oxygen atoms in total. The van der Waals surface area contributed by atoms with Gasteiger partial charge in [-0.05, 0) is 54.4 Å². The monoisotopic (exact) mass is 536 g/mol. The molecule has 2 atom stereocenters. The zero-order chi connectivity index (χ0) is 27.7. The Hall–Kier alpha value is -4.94. The number of benzene rings is 2. The zero-order valence-electron chi connectivity index (χ0n) is 20.2. The standard InChI is InChI=1S/C26H19F3N6O4/c1-15-2-11-20(32-31-15)35-22(17-5-3-16(4-6-17)14-34-13-12-30-33-34)21(24(37)25(35)38)23(36)18-7-9-19(10-8-18)39-26(27,28)29/h2-13,21-22H,14H2,1H3. The van der Waals surface area contributed by atoms with E-state index in [0.717, 1.165) is 34.7 Å². The number of ether oxygens (including phenoxy) is 1. The summed E-state index contributed by atoms with van der Waals surface area (Å²) in [7, 11) is 0. The van der Waals surface area contributed by atoms with Crippen LogP contribution in [0.3, 0.4) is 0 Å². The summed E-state index contributed by atoms with van der Waals surface area (Å²) in [6, 6.07) is 13.2. The van der Waals surface area contributed by atoms with Gasteiger partial charge in [-0.2, -0.15) is 5.10 Å². The first-order chi connectivity index (χ1) is 18.6. The number of nitrogens with zero attached hydrogens (tertiary/aromatic N) is 6. The first kappa shape index (κ1) is 25.7. The number of halogens is 3. The highest BCUT2D eigenvalue weighted by atomic mass is 19.4. The molecule has 0 saturated carbocycles. The molecule has 2 unspecified atom stereocenters. The number of carbonyl (C=O) groups is 3. The largest absolute Gasteiger partial charge is 0.573 e. The van der Waals surface area contributed by atoms with E-state index < -0.39 is 41.5 Å². The minimum absolute atomic E-state index is 0.0553. The molecule has 198 valence electrons. The highest BCUT2D eigenvalue weighted by Crippen LogP contribution is 2.40. The van der Waals surface area contributed by atoms with E-state index in [1.165, 1.54) is 6.07 Å². The summed E-state index contributed by atoms with van der Waals surface area (Å²) in [6.45, 7) is 2.13. The van der Waals surface area contributed by atoms with Gasteiger partial charge in [-0.1, -0.05) is 29.5 Å². The van der Waals surface area contributed by atoms with Gasteiger partial charge in [-0.3, -0.25) is 19.3 Å². The third-order valence-electron chi connectivity index (χ3n) is 6.13. The van der Waals surface area contributed by atoms with Crippen molar-refractivity contribution in [2.75, 3.05) is 4.90 Å². The molecule has 4 aromatic rings. The molecule has 2 aromatic heterocycles. The van der Waals surface area contributed by atoms with Crippen LogP contribution in [0.4, 0.5) is 19.0 Å². The number of rotatable bonds is 7. The van der Waals surface area contributed by atoms with Crippen molar-refractivity contribution in [3.63, 3.8) is 0 Å². The Morgan fingerprint density at radius 2 is 1.69 bits per heavy atom. The Morgan fingerprint density at radius 3 is 2.28 bits per heavy atom. The van der Waals surface area contributed by atoms with Crippen LogP contribution < -0.4 is 9.64 Å². The van der Waals surface area contributed by atoms with Gasteiger partial charge in [0.2, 0.25) is 5.78 Å². The predicted octanol–water partition coefficient (Wildman–Crippen LogP) is 3.48. The van der Waals surface area contributed by atoms with Crippen molar-refractivity contribution in [2.24, 2.45) is 5.92 Å². The number of ketones is 2. The van der Waals surface area contributed by atoms with E-state index in [2.05, 4.69) is 25.2 Å². The average Bonchev–Trinajstić information content (AvgIpc) is 3.50. The smallest absolute Gasteiger partial charge is 0.406 e. The fraction of sp³-hybridized carbons (Fsp3) is 0.192. The van der Waals surface area contributed by atoms with Crippen molar-refractivity contribution >= 4 is 23.3 Å². The third kappa shape index (κ3) is 5.37. The van der Waals surface area contributed by atoms with Crippen LogP contribution in [0.15, 0.2) is 73.1 Å². The Balaban J connectivity index is 1.51. The Labute approximate surface area is 219 Å². The van der Waals surface area contributed by atoms with Gasteiger partial charge in [-0.15, -0.1) is 23.4 Å². The number of amides is 1. The SMILES string of the molecule is Cc1ccc(N2C(=O)C(=O)C(C(=O)c3ccc(OC(F)(F)F)cc3)C2c2ccc(Cn3ccnn3)cc2)nn1. The molecule has 0 spiro atoms. The molecule has 1 fully saturated rings. The molecule has 0 N–H and O–H groups in total. The van der Waals surface area contributed by atoms with E-state index in [1.54, 1.807) is 54.3 Å². The van der Waals surface area contributed by atoms with Crippen molar-refractivity contribution in [2.45, 2.75) is 25.9 Å². The lowest BCUT2D eigenvalue weighted by molar-refractivity contribution is -0.274. The highest BCUT2D eigenvalue weighted by molar-refractivity contribution is 6.48. The number of aryl methyl sites for hydroxylation is 1. The predicted molar refractivity (Wildman–Crippen MR) is 129 cm³/mol. The summed E-state index contributed by atoms with van der Waals surface area (Å²) in [5.41, 5.74) is 1.86. The fourth-order valence-corrected chi connectivity index (χ4v) is 4.37. The normalized spacial score (nSPS) is 17.5. The molecule has 1 aliphatic rings. The summed E-state index contributed by atoms with van der Waals surface area (Å²) in [4.78, 5) is 41.1. The van der Waals surface area contributed by atoms with Crippen LogP contribution >= 0.6 is 0 Å². The number of Topliss-reactive ketones (excluding diaryl/α,β-unsaturated/α-hetero) is 2. The molecule has 2 aromatic carbocycles. The number of carbonyl (C=O) groups excluding carboxylic acids is 3. The minimum atomic E-state index is -4.90. The van der Waals surface area contributed by atoms with Crippen LogP contribution in [0, 0.1) is 12.8 Å². The maximum absolute atomic E-state index is 13.6. The van der Waals surface area contributed by atoms with Crippen LogP contribution in [0.25, 0.3) is 0 Å². The maximum atomic E-state index is 13.6. The summed E-state index contributed by atoms with van der Waals surface area (Å²) in [6.07, 6.45) is -1.66. The molecular formula is C26H19F3N6O4. The summed E-state index contributed by atoms with van der Waals surface area (Å²) < 4.78 is 43.1. The minimum Gasteiger partial charge on any atom is -0.406 e. The van der Waals surface area contributed by atoms with Crippen molar-refractivity contribution < 1.29 is 32.3 Å². The van der Waals surface area contributed by atoms with E-state index in [0.29, 0.717) is 17.8 Å². The molecule has 1 amide bonds. The van der Waals surface area contributed by atoms with E-state index in [-0.39, 0.29) is 11.4 Å². The molecular weight excluding hydrogens is 517 g/mol. The summed E-state index contributed by atoms with van der Waals surface area (Å²) in [5, 5.41) is 15.7. The zero-order valence-corrected chi connectivity index (χ0v) is 20.2. The second kappa shape index (κ2) is 10.1. The Kier molecular flexibility index (Phi) is 6.64. The highest BCUT2D eigenvalue weighted by Gasteiger charge is 2.53. The van der Waals surface area contributed by atoms with Crippen molar-refractivity contribution in [1.29, 1.82) is 0 Å². The number of alkyl halides is 3. The van der Waals surface area contributed by atoms with Gasteiger partial charge in [0.1, 0.15) is 11.7 Å². The number of hydrogen-bond donors (Lipinski definition) is 0. The number of anilines is 1. The molecule has 13 heteroatoms. The maximum Gasteiger partial charge on any atom is 0.573 e. The molecule has 0 radical (unpaired) electrons. The van der Waals surface area contributed by atoms with Crippen LogP contribution in [-0.4, -0.2) is 49.0 Å². The Morgan fingerprint density at radius 1 is 0.974 bits per heavy atom. The van der Waals surface area contributed by atoms with Crippen LogP contribution in [0.5, 0.6) is 5.75 Å². The van der Waals surface area contributed by atoms with E-state index in [9.17, 15) is 27.6 Å². The summed E-state index contributed by atoms with van der Waals surface area (Å²) in [5.74, 6) is -4.55. The molecule has 5 rings (SSSR count). The Bertz CT molecular complexity index is 1510. The first-order valence-corrected chi connectivity index (χ1v) is 11.6. The van der Waals surface area contributed by atoms with Crippen LogP contribution in [-0.2, 0) is 16.1 Å². The van der Waals surface area contributed by atoms with E-state index in [1.807, 2.05) is 0 Å². The summed E-state index contributed by atoms with van der Waals surface area (Å²) >= 11 is 0. The molecule has 0 bridgehead atoms. The second-order valence-corrected chi connectivity index (χ2v) is 8.77. The molecule has 3 heterocycles.